The standard InChI is InChI=1S/C23H29NO4/c1-23(2,3)17-14-12-16(13-15-17)19(21(25)27-5)20(22(26)28-6)24(4)18-10-8-7-9-11-18/h7-15,19-20H,1-6H3. The molecule has 0 aliphatic carbocycles. The van der Waals surface area contributed by atoms with E-state index < -0.39 is 23.9 Å². The topological polar surface area (TPSA) is 55.8 Å². The highest BCUT2D eigenvalue weighted by atomic mass is 16.5. The number of carbonyl (C=O) groups excluding carboxylic acids is 2. The smallest absolute Gasteiger partial charge is 0.329 e. The molecule has 0 amide bonds. The number of para-hydroxylation sites is 1. The lowest BCUT2D eigenvalue weighted by Crippen LogP contribution is -2.47. The molecule has 2 atom stereocenters. The van der Waals surface area contributed by atoms with Crippen molar-refractivity contribution in [3.63, 3.8) is 0 Å². The Hall–Kier alpha value is -2.82. The van der Waals surface area contributed by atoms with E-state index >= 15 is 0 Å². The highest BCUT2D eigenvalue weighted by molar-refractivity contribution is 5.91. The number of nitrogens with zero attached hydrogens (tertiary/aromatic N) is 1. The number of carbonyl (C=O) groups is 2. The summed E-state index contributed by atoms with van der Waals surface area (Å²) in [5.74, 6) is -1.81. The Kier molecular flexibility index (Phi) is 6.84. The lowest BCUT2D eigenvalue weighted by molar-refractivity contribution is -0.150. The predicted octanol–water partition coefficient (Wildman–Crippen LogP) is 3.92. The first kappa shape index (κ1) is 21.5. The van der Waals surface area contributed by atoms with Gasteiger partial charge in [0.2, 0.25) is 0 Å². The molecule has 28 heavy (non-hydrogen) atoms. The van der Waals surface area contributed by atoms with Crippen LogP contribution < -0.4 is 4.90 Å². The maximum absolute atomic E-state index is 12.7. The van der Waals surface area contributed by atoms with Gasteiger partial charge in [-0.05, 0) is 28.7 Å². The zero-order valence-corrected chi connectivity index (χ0v) is 17.4. The number of hydrogen-bond donors (Lipinski definition) is 0. The van der Waals surface area contributed by atoms with E-state index in [4.69, 9.17) is 9.47 Å². The number of anilines is 1. The number of ether oxygens (including phenoxy) is 2. The molecule has 0 saturated heterocycles. The molecular formula is C23H29NO4. The van der Waals surface area contributed by atoms with Gasteiger partial charge in [0, 0.05) is 12.7 Å². The van der Waals surface area contributed by atoms with Crippen molar-refractivity contribution < 1.29 is 19.1 Å². The minimum absolute atomic E-state index is 0.0120. The molecule has 0 heterocycles. The molecule has 0 aromatic heterocycles. The fraction of sp³-hybridized carbons (Fsp3) is 0.391. The van der Waals surface area contributed by atoms with Gasteiger partial charge in [-0.1, -0.05) is 63.2 Å². The summed E-state index contributed by atoms with van der Waals surface area (Å²) in [6.45, 7) is 6.38. The number of esters is 2. The molecule has 5 heteroatoms. The molecule has 2 aromatic carbocycles. The van der Waals surface area contributed by atoms with Crippen molar-refractivity contribution >= 4 is 17.6 Å². The Bertz CT molecular complexity index is 794. The quantitative estimate of drug-likeness (QED) is 0.708. The molecule has 0 N–H and O–H groups in total. The normalized spacial score (nSPS) is 13.4. The summed E-state index contributed by atoms with van der Waals surface area (Å²) >= 11 is 0. The molecule has 0 aliphatic rings. The van der Waals surface area contributed by atoms with Crippen molar-refractivity contribution in [1.29, 1.82) is 0 Å². The van der Waals surface area contributed by atoms with Gasteiger partial charge in [-0.3, -0.25) is 4.79 Å². The third kappa shape index (κ3) is 4.71. The van der Waals surface area contributed by atoms with E-state index in [1.165, 1.54) is 14.2 Å². The number of benzene rings is 2. The van der Waals surface area contributed by atoms with Crippen molar-refractivity contribution in [3.05, 3.63) is 65.7 Å². The summed E-state index contributed by atoms with van der Waals surface area (Å²) in [5, 5.41) is 0. The molecule has 2 aromatic rings. The second-order valence-electron chi connectivity index (χ2n) is 7.79. The average molecular weight is 383 g/mol. The van der Waals surface area contributed by atoms with Crippen LogP contribution in [0.15, 0.2) is 54.6 Å². The van der Waals surface area contributed by atoms with Crippen LogP contribution in [-0.2, 0) is 24.5 Å². The van der Waals surface area contributed by atoms with Crippen LogP contribution in [-0.4, -0.2) is 39.2 Å². The van der Waals surface area contributed by atoms with Gasteiger partial charge in [0.15, 0.2) is 0 Å². The zero-order chi connectivity index (χ0) is 20.9. The largest absolute Gasteiger partial charge is 0.468 e. The van der Waals surface area contributed by atoms with Gasteiger partial charge in [-0.15, -0.1) is 0 Å². The van der Waals surface area contributed by atoms with Gasteiger partial charge in [0.05, 0.1) is 14.2 Å². The second kappa shape index (κ2) is 8.91. The summed E-state index contributed by atoms with van der Waals surface area (Å²) in [6.07, 6.45) is 0. The molecule has 0 fully saturated rings. The highest BCUT2D eigenvalue weighted by Crippen LogP contribution is 2.31. The Balaban J connectivity index is 2.53. The van der Waals surface area contributed by atoms with Gasteiger partial charge in [0.1, 0.15) is 12.0 Å². The molecule has 150 valence electrons. The molecule has 0 bridgehead atoms. The number of methoxy groups -OCH3 is 2. The minimum Gasteiger partial charge on any atom is -0.468 e. The predicted molar refractivity (Wildman–Crippen MR) is 111 cm³/mol. The Labute approximate surface area is 167 Å². The number of hydrogen-bond acceptors (Lipinski definition) is 5. The third-order valence-electron chi connectivity index (χ3n) is 4.93. The van der Waals surface area contributed by atoms with E-state index in [1.807, 2.05) is 54.6 Å². The summed E-state index contributed by atoms with van der Waals surface area (Å²) < 4.78 is 10.1. The fourth-order valence-corrected chi connectivity index (χ4v) is 3.23. The molecule has 0 saturated carbocycles. The Morgan fingerprint density at radius 3 is 1.86 bits per heavy atom. The van der Waals surface area contributed by atoms with Crippen LogP contribution in [0.4, 0.5) is 5.69 Å². The first-order valence-electron chi connectivity index (χ1n) is 9.24. The molecular weight excluding hydrogens is 354 g/mol. The van der Waals surface area contributed by atoms with E-state index in [9.17, 15) is 9.59 Å². The fourth-order valence-electron chi connectivity index (χ4n) is 3.23. The first-order chi connectivity index (χ1) is 13.2. The van der Waals surface area contributed by atoms with Crippen molar-refractivity contribution in [3.8, 4) is 0 Å². The van der Waals surface area contributed by atoms with Crippen LogP contribution in [0.2, 0.25) is 0 Å². The molecule has 0 spiro atoms. The zero-order valence-electron chi connectivity index (χ0n) is 17.4. The molecule has 5 nitrogen and oxygen atoms in total. The summed E-state index contributed by atoms with van der Waals surface area (Å²) in [4.78, 5) is 27.2. The lowest BCUT2D eigenvalue weighted by Gasteiger charge is -2.33. The maximum Gasteiger partial charge on any atom is 0.329 e. The molecule has 0 radical (unpaired) electrons. The SMILES string of the molecule is COC(=O)C(c1ccc(C(C)(C)C)cc1)C(C(=O)OC)N(C)c1ccccc1. The number of likely N-dealkylation sites (N-methyl/N-ethyl adjacent to an activating group) is 1. The third-order valence-corrected chi connectivity index (χ3v) is 4.93. The lowest BCUT2D eigenvalue weighted by atomic mass is 9.84. The van der Waals surface area contributed by atoms with Gasteiger partial charge >= 0.3 is 11.9 Å². The summed E-state index contributed by atoms with van der Waals surface area (Å²) in [7, 11) is 4.43. The van der Waals surface area contributed by atoms with Crippen molar-refractivity contribution in [2.24, 2.45) is 0 Å². The number of rotatable bonds is 6. The van der Waals surface area contributed by atoms with E-state index in [-0.39, 0.29) is 5.41 Å². The van der Waals surface area contributed by atoms with Gasteiger partial charge in [-0.25, -0.2) is 4.79 Å². The van der Waals surface area contributed by atoms with Crippen LogP contribution in [0.5, 0.6) is 0 Å². The summed E-state index contributed by atoms with van der Waals surface area (Å²) in [6, 6.07) is 16.3. The maximum atomic E-state index is 12.7. The van der Waals surface area contributed by atoms with E-state index in [0.717, 1.165) is 11.3 Å². The molecule has 0 aliphatic heterocycles. The van der Waals surface area contributed by atoms with Crippen LogP contribution >= 0.6 is 0 Å². The van der Waals surface area contributed by atoms with Crippen molar-refractivity contribution in [2.45, 2.75) is 38.1 Å². The Morgan fingerprint density at radius 1 is 0.857 bits per heavy atom. The van der Waals surface area contributed by atoms with E-state index in [0.29, 0.717) is 5.56 Å². The van der Waals surface area contributed by atoms with Crippen LogP contribution in [0.3, 0.4) is 0 Å². The summed E-state index contributed by atoms with van der Waals surface area (Å²) in [5.41, 5.74) is 2.64. The van der Waals surface area contributed by atoms with Crippen molar-refractivity contribution in [2.75, 3.05) is 26.2 Å². The average Bonchev–Trinajstić information content (AvgIpc) is 2.70. The van der Waals surface area contributed by atoms with Crippen molar-refractivity contribution in [1.82, 2.24) is 0 Å². The van der Waals surface area contributed by atoms with Crippen LogP contribution in [0, 0.1) is 0 Å². The van der Waals surface area contributed by atoms with Gasteiger partial charge in [-0.2, -0.15) is 0 Å². The monoisotopic (exact) mass is 383 g/mol. The van der Waals surface area contributed by atoms with Gasteiger partial charge in [0.25, 0.3) is 0 Å². The first-order valence-corrected chi connectivity index (χ1v) is 9.24. The molecule has 2 rings (SSSR count). The van der Waals surface area contributed by atoms with Crippen LogP contribution in [0.1, 0.15) is 37.8 Å². The molecule has 2 unspecified atom stereocenters. The minimum atomic E-state index is -0.861. The Morgan fingerprint density at radius 2 is 1.39 bits per heavy atom. The van der Waals surface area contributed by atoms with Crippen LogP contribution in [0.25, 0.3) is 0 Å². The highest BCUT2D eigenvalue weighted by Gasteiger charge is 2.40. The van der Waals surface area contributed by atoms with Gasteiger partial charge < -0.3 is 14.4 Å². The van der Waals surface area contributed by atoms with E-state index in [1.54, 1.807) is 11.9 Å². The van der Waals surface area contributed by atoms with E-state index in [2.05, 4.69) is 20.8 Å². The second-order valence-corrected chi connectivity index (χ2v) is 7.79.